The summed E-state index contributed by atoms with van der Waals surface area (Å²) < 4.78 is 10.4. The lowest BCUT2D eigenvalue weighted by molar-refractivity contribution is -0.0117. The smallest absolute Gasteiger partial charge is 0.410 e. The molecule has 1 saturated heterocycles. The molecule has 1 aliphatic heterocycles. The van der Waals surface area contributed by atoms with E-state index in [-0.39, 0.29) is 24.1 Å². The molecule has 2 aromatic heterocycles. The van der Waals surface area contributed by atoms with Crippen LogP contribution in [0.15, 0.2) is 36.5 Å². The maximum atomic E-state index is 12.6. The zero-order chi connectivity index (χ0) is 26.0. The second-order valence-corrected chi connectivity index (χ2v) is 10.5. The van der Waals surface area contributed by atoms with E-state index < -0.39 is 5.60 Å². The lowest BCUT2D eigenvalue weighted by Crippen LogP contribution is -2.58. The molecule has 1 aliphatic rings. The van der Waals surface area contributed by atoms with Gasteiger partial charge < -0.3 is 19.4 Å². The van der Waals surface area contributed by atoms with Crippen molar-refractivity contribution in [2.75, 3.05) is 20.2 Å². The lowest BCUT2D eigenvalue weighted by Gasteiger charge is -2.44. The van der Waals surface area contributed by atoms with Gasteiger partial charge in [-0.3, -0.25) is 9.88 Å². The summed E-state index contributed by atoms with van der Waals surface area (Å²) in [5.74, 6) is 0.405. The Morgan fingerprint density at radius 3 is 2.61 bits per heavy atom. The molecule has 3 aromatic rings. The highest BCUT2D eigenvalue weighted by Crippen LogP contribution is 2.22. The summed E-state index contributed by atoms with van der Waals surface area (Å²) in [5.41, 5.74) is 3.63. The minimum atomic E-state index is -0.506. The summed E-state index contributed by atoms with van der Waals surface area (Å²) in [4.78, 5) is 41.1. The Morgan fingerprint density at radius 1 is 1.11 bits per heavy atom. The predicted octanol–water partition coefficient (Wildman–Crippen LogP) is 4.17. The number of hydrogen-bond acceptors (Lipinski definition) is 7. The van der Waals surface area contributed by atoms with Gasteiger partial charge in [-0.25, -0.2) is 14.6 Å². The Labute approximate surface area is 211 Å². The summed E-state index contributed by atoms with van der Waals surface area (Å²) in [6.07, 6.45) is 2.12. The number of methoxy groups -OCH3 is 1. The SMILES string of the molecule is COC(=O)c1ccc2nc(Cc3cc(CN4C[C@@H](C)N(C(=O)OC(C)(C)C)C[C@@H]4C)ccn3)[nH]c2c1. The van der Waals surface area contributed by atoms with Crippen molar-refractivity contribution >= 4 is 23.1 Å². The molecule has 3 heterocycles. The standard InChI is InChI=1S/C27H35N5O4/c1-17-15-32(26(34)36-27(3,4)5)18(2)14-31(17)16-19-9-10-28-21(11-19)13-24-29-22-8-7-20(25(33)35-6)12-23(22)30-24/h7-12,17-18H,13-16H2,1-6H3,(H,29,30)/t17-,18+/m0/s1. The van der Waals surface area contributed by atoms with Gasteiger partial charge in [0.25, 0.3) is 0 Å². The van der Waals surface area contributed by atoms with E-state index in [0.717, 1.165) is 41.2 Å². The molecule has 9 heteroatoms. The first-order chi connectivity index (χ1) is 17.0. The Bertz CT molecular complexity index is 1250. The van der Waals surface area contributed by atoms with Crippen LogP contribution in [0, 0.1) is 0 Å². The van der Waals surface area contributed by atoms with Gasteiger partial charge in [-0.15, -0.1) is 0 Å². The van der Waals surface area contributed by atoms with Crippen molar-refractivity contribution in [1.82, 2.24) is 24.8 Å². The second kappa shape index (κ2) is 10.3. The predicted molar refractivity (Wildman–Crippen MR) is 137 cm³/mol. The van der Waals surface area contributed by atoms with E-state index in [0.29, 0.717) is 18.5 Å². The van der Waals surface area contributed by atoms with Crippen molar-refractivity contribution in [3.63, 3.8) is 0 Å². The molecule has 1 amide bonds. The van der Waals surface area contributed by atoms with Crippen molar-refractivity contribution in [1.29, 1.82) is 0 Å². The molecule has 1 fully saturated rings. The first kappa shape index (κ1) is 25.6. The quantitative estimate of drug-likeness (QED) is 0.533. The van der Waals surface area contributed by atoms with Crippen LogP contribution in [0.2, 0.25) is 0 Å². The molecule has 0 radical (unpaired) electrons. The molecule has 0 unspecified atom stereocenters. The van der Waals surface area contributed by atoms with E-state index in [9.17, 15) is 9.59 Å². The Hall–Kier alpha value is -3.46. The number of amides is 1. The molecule has 192 valence electrons. The fraction of sp³-hybridized carbons (Fsp3) is 0.481. The van der Waals surface area contributed by atoms with Gasteiger partial charge in [-0.05, 0) is 70.5 Å². The molecule has 36 heavy (non-hydrogen) atoms. The van der Waals surface area contributed by atoms with Crippen LogP contribution in [0.25, 0.3) is 11.0 Å². The van der Waals surface area contributed by atoms with Gasteiger partial charge in [0.1, 0.15) is 11.4 Å². The maximum Gasteiger partial charge on any atom is 0.410 e. The van der Waals surface area contributed by atoms with Gasteiger partial charge in [-0.1, -0.05) is 0 Å². The number of H-pyrrole nitrogens is 1. The molecule has 0 aliphatic carbocycles. The zero-order valence-corrected chi connectivity index (χ0v) is 21.9. The van der Waals surface area contributed by atoms with E-state index in [1.165, 1.54) is 7.11 Å². The van der Waals surface area contributed by atoms with E-state index in [2.05, 4.69) is 39.8 Å². The summed E-state index contributed by atoms with van der Waals surface area (Å²) >= 11 is 0. The van der Waals surface area contributed by atoms with Crippen molar-refractivity contribution in [3.05, 3.63) is 59.2 Å². The van der Waals surface area contributed by atoms with E-state index >= 15 is 0 Å². The highest BCUT2D eigenvalue weighted by Gasteiger charge is 2.34. The number of hydrogen-bond donors (Lipinski definition) is 1. The van der Waals surface area contributed by atoms with Gasteiger partial charge in [-0.2, -0.15) is 0 Å². The van der Waals surface area contributed by atoms with Crippen LogP contribution in [0.1, 0.15) is 62.1 Å². The third-order valence-electron chi connectivity index (χ3n) is 6.31. The number of pyridine rings is 1. The maximum absolute atomic E-state index is 12.6. The average Bonchev–Trinajstić information content (AvgIpc) is 3.21. The van der Waals surface area contributed by atoms with Crippen LogP contribution in [-0.4, -0.2) is 74.7 Å². The number of ether oxygens (including phenoxy) is 2. The van der Waals surface area contributed by atoms with E-state index in [1.54, 1.807) is 12.1 Å². The molecular weight excluding hydrogens is 458 g/mol. The van der Waals surface area contributed by atoms with Gasteiger partial charge in [0.05, 0.1) is 23.7 Å². The van der Waals surface area contributed by atoms with Crippen LogP contribution >= 0.6 is 0 Å². The number of benzene rings is 1. The third kappa shape index (κ3) is 6.02. The molecule has 0 spiro atoms. The number of aromatic nitrogens is 3. The highest BCUT2D eigenvalue weighted by molar-refractivity contribution is 5.93. The Morgan fingerprint density at radius 2 is 1.89 bits per heavy atom. The minimum absolute atomic E-state index is 0.0581. The number of esters is 1. The number of piperazine rings is 1. The summed E-state index contributed by atoms with van der Waals surface area (Å²) in [5, 5.41) is 0. The number of aromatic amines is 1. The van der Waals surface area contributed by atoms with Crippen molar-refractivity contribution < 1.29 is 19.1 Å². The average molecular weight is 494 g/mol. The molecule has 2 atom stereocenters. The van der Waals surface area contributed by atoms with Gasteiger partial charge in [0.2, 0.25) is 0 Å². The van der Waals surface area contributed by atoms with Crippen molar-refractivity contribution in [2.45, 2.75) is 65.3 Å². The van der Waals surface area contributed by atoms with Crippen LogP contribution < -0.4 is 0 Å². The van der Waals surface area contributed by atoms with Crippen LogP contribution in [0.4, 0.5) is 4.79 Å². The monoisotopic (exact) mass is 493 g/mol. The van der Waals surface area contributed by atoms with Gasteiger partial charge in [0.15, 0.2) is 0 Å². The molecule has 0 saturated carbocycles. The fourth-order valence-electron chi connectivity index (χ4n) is 4.51. The number of carbonyl (C=O) groups excluding carboxylic acids is 2. The second-order valence-electron chi connectivity index (χ2n) is 10.5. The highest BCUT2D eigenvalue weighted by atomic mass is 16.6. The third-order valence-corrected chi connectivity index (χ3v) is 6.31. The van der Waals surface area contributed by atoms with E-state index in [1.807, 2.05) is 44.0 Å². The zero-order valence-electron chi connectivity index (χ0n) is 21.9. The fourth-order valence-corrected chi connectivity index (χ4v) is 4.51. The van der Waals surface area contributed by atoms with Gasteiger partial charge >= 0.3 is 12.1 Å². The van der Waals surface area contributed by atoms with Crippen molar-refractivity contribution in [3.8, 4) is 0 Å². The largest absolute Gasteiger partial charge is 0.465 e. The number of carbonyl (C=O) groups is 2. The first-order valence-corrected chi connectivity index (χ1v) is 12.3. The lowest BCUT2D eigenvalue weighted by atomic mass is 10.1. The van der Waals surface area contributed by atoms with Crippen LogP contribution in [0.3, 0.4) is 0 Å². The van der Waals surface area contributed by atoms with Gasteiger partial charge in [0, 0.05) is 50.0 Å². The minimum Gasteiger partial charge on any atom is -0.465 e. The Balaban J connectivity index is 1.42. The Kier molecular flexibility index (Phi) is 7.31. The topological polar surface area (TPSA) is 101 Å². The number of imidazole rings is 1. The molecule has 0 bridgehead atoms. The number of fused-ring (bicyclic) bond motifs is 1. The first-order valence-electron chi connectivity index (χ1n) is 12.3. The van der Waals surface area contributed by atoms with Crippen molar-refractivity contribution in [2.24, 2.45) is 0 Å². The number of rotatable bonds is 5. The molecule has 1 N–H and O–H groups in total. The normalized spacial score (nSPS) is 18.9. The molecule has 9 nitrogen and oxygen atoms in total. The number of nitrogens with zero attached hydrogens (tertiary/aromatic N) is 4. The van der Waals surface area contributed by atoms with Crippen LogP contribution in [0.5, 0.6) is 0 Å². The number of nitrogens with one attached hydrogen (secondary N) is 1. The molecule has 4 rings (SSSR count). The molecular formula is C27H35N5O4. The summed E-state index contributed by atoms with van der Waals surface area (Å²) in [7, 11) is 1.37. The van der Waals surface area contributed by atoms with Crippen LogP contribution in [-0.2, 0) is 22.4 Å². The van der Waals surface area contributed by atoms with E-state index in [4.69, 9.17) is 9.47 Å². The molecule has 1 aromatic carbocycles. The summed E-state index contributed by atoms with van der Waals surface area (Å²) in [6.45, 7) is 12.0. The summed E-state index contributed by atoms with van der Waals surface area (Å²) in [6, 6.07) is 9.66.